The number of aromatic nitrogens is 1. The number of H-pyrrole nitrogens is 1. The van der Waals surface area contributed by atoms with Crippen LogP contribution in [0.25, 0.3) is 10.9 Å². The summed E-state index contributed by atoms with van der Waals surface area (Å²) < 4.78 is 0. The van der Waals surface area contributed by atoms with Crippen LogP contribution in [0.5, 0.6) is 0 Å². The predicted molar refractivity (Wildman–Crippen MR) is 98.6 cm³/mol. The number of piperazine rings is 1. The first-order chi connectivity index (χ1) is 11.8. The fourth-order valence-corrected chi connectivity index (χ4v) is 3.60. The molecule has 1 aromatic heterocycles. The second kappa shape index (κ2) is 6.77. The van der Waals surface area contributed by atoms with Gasteiger partial charge < -0.3 is 10.3 Å². The number of hydrogen-bond donors (Lipinski definition) is 3. The van der Waals surface area contributed by atoms with Crippen molar-refractivity contribution in [2.45, 2.75) is 19.0 Å². The van der Waals surface area contributed by atoms with Gasteiger partial charge in [-0.05, 0) is 30.2 Å². The van der Waals surface area contributed by atoms with E-state index in [4.69, 9.17) is 0 Å². The number of benzene rings is 2. The molecule has 1 saturated heterocycles. The van der Waals surface area contributed by atoms with Crippen molar-refractivity contribution in [2.24, 2.45) is 0 Å². The lowest BCUT2D eigenvalue weighted by Crippen LogP contribution is -2.52. The summed E-state index contributed by atoms with van der Waals surface area (Å²) >= 11 is 0. The van der Waals surface area contributed by atoms with Crippen LogP contribution >= 0.6 is 0 Å². The van der Waals surface area contributed by atoms with Crippen molar-refractivity contribution in [1.82, 2.24) is 20.7 Å². The summed E-state index contributed by atoms with van der Waals surface area (Å²) in [5, 5.41) is 7.25. The highest BCUT2D eigenvalue weighted by molar-refractivity contribution is 5.83. The van der Waals surface area contributed by atoms with Crippen LogP contribution < -0.4 is 10.7 Å². The van der Waals surface area contributed by atoms with E-state index >= 15 is 0 Å². The summed E-state index contributed by atoms with van der Waals surface area (Å²) in [6, 6.07) is 19.9. The second-order valence-corrected chi connectivity index (χ2v) is 6.46. The molecule has 1 fully saturated rings. The van der Waals surface area contributed by atoms with Crippen molar-refractivity contribution in [1.29, 1.82) is 0 Å². The van der Waals surface area contributed by atoms with E-state index in [-0.39, 0.29) is 6.04 Å². The molecule has 2 aromatic carbocycles. The van der Waals surface area contributed by atoms with Crippen LogP contribution in [0, 0.1) is 0 Å². The number of fused-ring (bicyclic) bond motifs is 1. The molecule has 1 aliphatic rings. The lowest BCUT2D eigenvalue weighted by atomic mass is 10.0. The summed E-state index contributed by atoms with van der Waals surface area (Å²) in [7, 11) is 0. The van der Waals surface area contributed by atoms with E-state index in [1.165, 1.54) is 22.0 Å². The van der Waals surface area contributed by atoms with E-state index in [0.29, 0.717) is 6.04 Å². The topological polar surface area (TPSA) is 43.1 Å². The molecule has 4 heteroatoms. The first-order valence-corrected chi connectivity index (χ1v) is 8.67. The zero-order valence-electron chi connectivity index (χ0n) is 14.0. The molecular weight excluding hydrogens is 296 g/mol. The van der Waals surface area contributed by atoms with Gasteiger partial charge in [0.25, 0.3) is 0 Å². The minimum atomic E-state index is 0.289. The van der Waals surface area contributed by atoms with Gasteiger partial charge in [-0.3, -0.25) is 0 Å². The molecule has 0 aliphatic carbocycles. The number of hydrogen-bond acceptors (Lipinski definition) is 3. The normalized spacial score (nSPS) is 20.3. The number of nitrogens with one attached hydrogen (secondary N) is 3. The molecule has 4 nitrogen and oxygen atoms in total. The van der Waals surface area contributed by atoms with E-state index in [1.807, 2.05) is 6.20 Å². The molecule has 4 rings (SSSR count). The Morgan fingerprint density at radius 2 is 1.96 bits per heavy atom. The van der Waals surface area contributed by atoms with Gasteiger partial charge in [-0.2, -0.15) is 0 Å². The fraction of sp³-hybridized carbons (Fsp3) is 0.300. The largest absolute Gasteiger partial charge is 0.361 e. The Labute approximate surface area is 142 Å². The van der Waals surface area contributed by atoms with Crippen molar-refractivity contribution in [3.8, 4) is 0 Å². The number of hydrazine groups is 1. The van der Waals surface area contributed by atoms with Crippen LogP contribution in [0.2, 0.25) is 0 Å². The molecule has 24 heavy (non-hydrogen) atoms. The minimum absolute atomic E-state index is 0.289. The molecule has 3 N–H and O–H groups in total. The Kier molecular flexibility index (Phi) is 4.34. The highest BCUT2D eigenvalue weighted by Gasteiger charge is 2.26. The Bertz CT molecular complexity index is 796. The molecule has 3 aromatic rings. The highest BCUT2D eigenvalue weighted by atomic mass is 15.5. The maximum absolute atomic E-state index is 3.72. The first-order valence-electron chi connectivity index (χ1n) is 8.67. The molecule has 0 spiro atoms. The molecule has 1 unspecified atom stereocenters. The maximum atomic E-state index is 3.72. The molecule has 2 atom stereocenters. The van der Waals surface area contributed by atoms with Gasteiger partial charge in [0.1, 0.15) is 0 Å². The van der Waals surface area contributed by atoms with Crippen molar-refractivity contribution in [2.75, 3.05) is 19.6 Å². The summed E-state index contributed by atoms with van der Waals surface area (Å²) in [5.74, 6) is 0. The zero-order valence-corrected chi connectivity index (χ0v) is 14.0. The number of nitrogens with zero attached hydrogens (tertiary/aromatic N) is 1. The van der Waals surface area contributed by atoms with E-state index in [2.05, 4.69) is 82.3 Å². The molecule has 0 bridgehead atoms. The standard InChI is InChI=1S/C20H24N4/c1-15(16-6-3-2-4-7-16)23-24-13-12-21-14-20(24)18-8-5-9-19-17(18)10-11-22-19/h2-11,15,20-23H,12-14H2,1H3/t15?,20-/m0/s1. The van der Waals surface area contributed by atoms with E-state index in [9.17, 15) is 0 Å². The van der Waals surface area contributed by atoms with Crippen molar-refractivity contribution < 1.29 is 0 Å². The summed E-state index contributed by atoms with van der Waals surface area (Å²) in [5.41, 5.74) is 7.61. The van der Waals surface area contributed by atoms with Crippen LogP contribution in [-0.4, -0.2) is 29.6 Å². The molecule has 0 saturated carbocycles. The van der Waals surface area contributed by atoms with Gasteiger partial charge >= 0.3 is 0 Å². The Morgan fingerprint density at radius 1 is 1.08 bits per heavy atom. The molecular formula is C20H24N4. The van der Waals surface area contributed by atoms with E-state index in [0.717, 1.165) is 19.6 Å². The third-order valence-corrected chi connectivity index (χ3v) is 4.89. The van der Waals surface area contributed by atoms with Gasteiger partial charge in [-0.1, -0.05) is 42.5 Å². The summed E-state index contributed by atoms with van der Waals surface area (Å²) in [4.78, 5) is 3.32. The summed E-state index contributed by atoms with van der Waals surface area (Å²) in [6.07, 6.45) is 2.02. The van der Waals surface area contributed by atoms with Gasteiger partial charge in [-0.15, -0.1) is 0 Å². The molecule has 2 heterocycles. The van der Waals surface area contributed by atoms with Crippen LogP contribution in [0.1, 0.15) is 30.1 Å². The third-order valence-electron chi connectivity index (χ3n) is 4.89. The van der Waals surface area contributed by atoms with Crippen LogP contribution in [0.4, 0.5) is 0 Å². The average Bonchev–Trinajstić information content (AvgIpc) is 3.12. The Hall–Kier alpha value is -2.14. The quantitative estimate of drug-likeness (QED) is 0.690. The van der Waals surface area contributed by atoms with Crippen molar-refractivity contribution in [3.05, 3.63) is 71.9 Å². The predicted octanol–water partition coefficient (Wildman–Crippen LogP) is 3.38. The lowest BCUT2D eigenvalue weighted by Gasteiger charge is -2.39. The number of rotatable bonds is 4. The highest BCUT2D eigenvalue weighted by Crippen LogP contribution is 2.29. The maximum Gasteiger partial charge on any atom is 0.0624 e. The van der Waals surface area contributed by atoms with Gasteiger partial charge in [0.15, 0.2) is 0 Å². The zero-order chi connectivity index (χ0) is 16.4. The average molecular weight is 320 g/mol. The molecule has 0 amide bonds. The monoisotopic (exact) mass is 320 g/mol. The van der Waals surface area contributed by atoms with Gasteiger partial charge in [0.05, 0.1) is 6.04 Å². The summed E-state index contributed by atoms with van der Waals surface area (Å²) in [6.45, 7) is 5.18. The fourth-order valence-electron chi connectivity index (χ4n) is 3.60. The molecule has 1 aliphatic heterocycles. The van der Waals surface area contributed by atoms with Crippen LogP contribution in [0.15, 0.2) is 60.8 Å². The van der Waals surface area contributed by atoms with Gasteiger partial charge in [0, 0.05) is 42.8 Å². The SMILES string of the molecule is CC(NN1CCNC[C@H]1c1cccc2[nH]ccc12)c1ccccc1. The first kappa shape index (κ1) is 15.4. The Balaban J connectivity index is 1.60. The van der Waals surface area contributed by atoms with Gasteiger partial charge in [0.2, 0.25) is 0 Å². The smallest absolute Gasteiger partial charge is 0.0624 e. The second-order valence-electron chi connectivity index (χ2n) is 6.46. The van der Waals surface area contributed by atoms with E-state index in [1.54, 1.807) is 0 Å². The van der Waals surface area contributed by atoms with E-state index < -0.39 is 0 Å². The van der Waals surface area contributed by atoms with Crippen LogP contribution in [-0.2, 0) is 0 Å². The third kappa shape index (κ3) is 2.96. The number of aromatic amines is 1. The van der Waals surface area contributed by atoms with Crippen LogP contribution in [0.3, 0.4) is 0 Å². The molecule has 124 valence electrons. The molecule has 0 radical (unpaired) electrons. The Morgan fingerprint density at radius 3 is 2.83 bits per heavy atom. The van der Waals surface area contributed by atoms with Crippen molar-refractivity contribution >= 4 is 10.9 Å². The lowest BCUT2D eigenvalue weighted by molar-refractivity contribution is 0.0802. The minimum Gasteiger partial charge on any atom is -0.361 e. The van der Waals surface area contributed by atoms with Gasteiger partial charge in [-0.25, -0.2) is 10.4 Å². The van der Waals surface area contributed by atoms with Crippen molar-refractivity contribution in [3.63, 3.8) is 0 Å².